The standard InChI is InChI=1S/C27H46N4O8/c1-2-3-6-11-19-18-20(29-19)12-7-4-5-8-14-23(32)28-17-10-9-13-21(25(35)36)30-27(39)31-22(26(37)38)15-16-24(33)34/h19,21-22H,2-18H2,1H3,(H,28,32)(H,33,34)(H,35,36)(H,37,38)(H2,30,31,39). The highest BCUT2D eigenvalue weighted by Gasteiger charge is 2.24. The van der Waals surface area contributed by atoms with Gasteiger partial charge < -0.3 is 31.3 Å². The Balaban J connectivity index is 2.11. The van der Waals surface area contributed by atoms with E-state index >= 15 is 0 Å². The first-order valence-corrected chi connectivity index (χ1v) is 14.2. The van der Waals surface area contributed by atoms with E-state index in [2.05, 4.69) is 22.9 Å². The van der Waals surface area contributed by atoms with E-state index in [1.54, 1.807) is 0 Å². The van der Waals surface area contributed by atoms with Gasteiger partial charge in [0.25, 0.3) is 0 Å². The number of nitrogens with zero attached hydrogens (tertiary/aromatic N) is 1. The van der Waals surface area contributed by atoms with E-state index in [-0.39, 0.29) is 18.7 Å². The molecular formula is C27H46N4O8. The fourth-order valence-corrected chi connectivity index (χ4v) is 4.38. The molecule has 39 heavy (non-hydrogen) atoms. The molecule has 0 aromatic heterocycles. The summed E-state index contributed by atoms with van der Waals surface area (Å²) < 4.78 is 0. The molecule has 12 heteroatoms. The van der Waals surface area contributed by atoms with Gasteiger partial charge in [-0.15, -0.1) is 0 Å². The average molecular weight is 555 g/mol. The number of nitrogens with one attached hydrogen (secondary N) is 3. The maximum absolute atomic E-state index is 12.0. The van der Waals surface area contributed by atoms with E-state index < -0.39 is 42.4 Å². The van der Waals surface area contributed by atoms with Gasteiger partial charge in [0.05, 0.1) is 6.04 Å². The highest BCUT2D eigenvalue weighted by molar-refractivity contribution is 5.89. The largest absolute Gasteiger partial charge is 0.481 e. The number of carbonyl (C=O) groups is 5. The molecule has 12 nitrogen and oxygen atoms in total. The van der Waals surface area contributed by atoms with E-state index in [0.29, 0.717) is 31.8 Å². The number of unbranched alkanes of at least 4 members (excludes halogenated alkanes) is 6. The first-order valence-electron chi connectivity index (χ1n) is 14.2. The third kappa shape index (κ3) is 16.4. The van der Waals surface area contributed by atoms with E-state index in [1.165, 1.54) is 31.4 Å². The van der Waals surface area contributed by atoms with Crippen LogP contribution in [0.5, 0.6) is 0 Å². The lowest BCUT2D eigenvalue weighted by atomic mass is 9.94. The summed E-state index contributed by atoms with van der Waals surface area (Å²) in [6, 6.07) is -3.14. The number of rotatable bonds is 23. The van der Waals surface area contributed by atoms with Crippen LogP contribution >= 0.6 is 0 Å². The molecule has 0 aromatic rings. The van der Waals surface area contributed by atoms with Crippen LogP contribution in [0.1, 0.15) is 110 Å². The lowest BCUT2D eigenvalue weighted by Gasteiger charge is -2.24. The summed E-state index contributed by atoms with van der Waals surface area (Å²) in [6.45, 7) is 2.61. The number of urea groups is 1. The van der Waals surface area contributed by atoms with Gasteiger partial charge in [-0.2, -0.15) is 0 Å². The fourth-order valence-electron chi connectivity index (χ4n) is 4.38. The van der Waals surface area contributed by atoms with Crippen molar-refractivity contribution in [3.05, 3.63) is 0 Å². The normalized spacial score (nSPS) is 15.8. The minimum Gasteiger partial charge on any atom is -0.481 e. The number of hydrogen-bond acceptors (Lipinski definition) is 6. The van der Waals surface area contributed by atoms with Gasteiger partial charge in [-0.05, 0) is 51.4 Å². The molecule has 0 aliphatic carbocycles. The molecule has 1 rings (SSSR count). The van der Waals surface area contributed by atoms with Gasteiger partial charge in [-0.3, -0.25) is 14.6 Å². The van der Waals surface area contributed by atoms with Crippen molar-refractivity contribution in [3.8, 4) is 0 Å². The van der Waals surface area contributed by atoms with Crippen molar-refractivity contribution in [2.45, 2.75) is 128 Å². The third-order valence-corrected chi connectivity index (χ3v) is 6.69. The Morgan fingerprint density at radius 3 is 2.08 bits per heavy atom. The lowest BCUT2D eigenvalue weighted by molar-refractivity contribution is -0.140. The number of carboxylic acid groups (broad SMARTS) is 3. The molecule has 3 unspecified atom stereocenters. The Morgan fingerprint density at radius 2 is 1.46 bits per heavy atom. The summed E-state index contributed by atoms with van der Waals surface area (Å²) in [5, 5.41) is 34.2. The second-order valence-corrected chi connectivity index (χ2v) is 10.1. The summed E-state index contributed by atoms with van der Waals surface area (Å²) in [5.74, 6) is -3.94. The molecule has 6 N–H and O–H groups in total. The van der Waals surface area contributed by atoms with Crippen LogP contribution in [0.15, 0.2) is 4.99 Å². The molecule has 0 spiro atoms. The fraction of sp³-hybridized carbons (Fsp3) is 0.778. The topological polar surface area (TPSA) is 194 Å². The minimum atomic E-state index is -1.45. The van der Waals surface area contributed by atoms with Gasteiger partial charge in [0.2, 0.25) is 5.91 Å². The minimum absolute atomic E-state index is 0.0401. The number of carboxylic acids is 3. The van der Waals surface area contributed by atoms with Crippen LogP contribution in [-0.2, 0) is 19.2 Å². The summed E-state index contributed by atoms with van der Waals surface area (Å²) in [6.07, 6.45) is 11.9. The van der Waals surface area contributed by atoms with Crippen molar-refractivity contribution in [1.82, 2.24) is 16.0 Å². The van der Waals surface area contributed by atoms with Crippen LogP contribution in [0.25, 0.3) is 0 Å². The van der Waals surface area contributed by atoms with Crippen LogP contribution < -0.4 is 16.0 Å². The summed E-state index contributed by atoms with van der Waals surface area (Å²) in [4.78, 5) is 62.0. The van der Waals surface area contributed by atoms with E-state index in [4.69, 9.17) is 15.2 Å². The van der Waals surface area contributed by atoms with Gasteiger partial charge in [0.15, 0.2) is 0 Å². The Labute approximate surface area is 230 Å². The first kappa shape index (κ1) is 33.8. The van der Waals surface area contributed by atoms with Crippen molar-refractivity contribution in [2.75, 3.05) is 6.54 Å². The summed E-state index contributed by atoms with van der Waals surface area (Å²) >= 11 is 0. The SMILES string of the molecule is CCCCCC1CC(CCCCCCC(=O)NCCCCC(NC(=O)NC(CCC(=O)O)C(=O)O)C(=O)O)=N1. The van der Waals surface area contributed by atoms with Gasteiger partial charge >= 0.3 is 23.9 Å². The van der Waals surface area contributed by atoms with E-state index in [0.717, 1.165) is 38.5 Å². The smallest absolute Gasteiger partial charge is 0.326 e. The molecule has 1 heterocycles. The van der Waals surface area contributed by atoms with Crippen LogP contribution in [0.2, 0.25) is 0 Å². The van der Waals surface area contributed by atoms with Gasteiger partial charge in [0, 0.05) is 31.5 Å². The number of aliphatic imine (C=N–C) groups is 1. The highest BCUT2D eigenvalue weighted by atomic mass is 16.4. The molecule has 1 aliphatic rings. The zero-order chi connectivity index (χ0) is 29.0. The molecule has 0 aromatic carbocycles. The molecule has 0 bridgehead atoms. The van der Waals surface area contributed by atoms with Crippen LogP contribution in [-0.4, -0.2) is 75.5 Å². The Morgan fingerprint density at radius 1 is 0.821 bits per heavy atom. The average Bonchev–Trinajstić information content (AvgIpc) is 2.84. The number of amides is 3. The maximum Gasteiger partial charge on any atom is 0.326 e. The zero-order valence-corrected chi connectivity index (χ0v) is 23.1. The van der Waals surface area contributed by atoms with Crippen molar-refractivity contribution >= 4 is 35.6 Å². The predicted octanol–water partition coefficient (Wildman–Crippen LogP) is 3.48. The molecule has 0 fully saturated rings. The molecule has 222 valence electrons. The van der Waals surface area contributed by atoms with Crippen molar-refractivity contribution < 1.29 is 39.3 Å². The monoisotopic (exact) mass is 554 g/mol. The zero-order valence-electron chi connectivity index (χ0n) is 23.1. The van der Waals surface area contributed by atoms with Gasteiger partial charge in [-0.1, -0.05) is 39.0 Å². The molecule has 0 radical (unpaired) electrons. The highest BCUT2D eigenvalue weighted by Crippen LogP contribution is 2.22. The number of hydrogen-bond donors (Lipinski definition) is 6. The predicted molar refractivity (Wildman–Crippen MR) is 146 cm³/mol. The van der Waals surface area contributed by atoms with Crippen molar-refractivity contribution in [3.63, 3.8) is 0 Å². The molecular weight excluding hydrogens is 508 g/mol. The number of carbonyl (C=O) groups excluding carboxylic acids is 2. The van der Waals surface area contributed by atoms with Gasteiger partial charge in [-0.25, -0.2) is 14.4 Å². The quantitative estimate of drug-likeness (QED) is 0.103. The second-order valence-electron chi connectivity index (χ2n) is 10.1. The van der Waals surface area contributed by atoms with Crippen LogP contribution in [0.3, 0.4) is 0 Å². The Bertz CT molecular complexity index is 833. The van der Waals surface area contributed by atoms with Crippen molar-refractivity contribution in [2.24, 2.45) is 4.99 Å². The molecule has 3 amide bonds. The first-order chi connectivity index (χ1) is 18.6. The van der Waals surface area contributed by atoms with Crippen LogP contribution in [0.4, 0.5) is 4.79 Å². The molecule has 0 saturated heterocycles. The van der Waals surface area contributed by atoms with Crippen LogP contribution in [0, 0.1) is 0 Å². The third-order valence-electron chi connectivity index (χ3n) is 6.69. The summed E-state index contributed by atoms with van der Waals surface area (Å²) in [5.41, 5.74) is 1.34. The maximum atomic E-state index is 12.0. The molecule has 0 saturated carbocycles. The lowest BCUT2D eigenvalue weighted by Crippen LogP contribution is -2.51. The van der Waals surface area contributed by atoms with Gasteiger partial charge in [0.1, 0.15) is 12.1 Å². The summed E-state index contributed by atoms with van der Waals surface area (Å²) in [7, 11) is 0. The Kier molecular flexibility index (Phi) is 17.2. The van der Waals surface area contributed by atoms with Crippen molar-refractivity contribution in [1.29, 1.82) is 0 Å². The van der Waals surface area contributed by atoms with E-state index in [9.17, 15) is 29.1 Å². The molecule has 3 atom stereocenters. The molecule has 1 aliphatic heterocycles. The second kappa shape index (κ2) is 19.8. The number of aliphatic carboxylic acids is 3. The van der Waals surface area contributed by atoms with E-state index in [1.807, 2.05) is 0 Å². The Hall–Kier alpha value is -3.18.